The number of likely N-dealkylation sites (tertiary alicyclic amines) is 1. The summed E-state index contributed by atoms with van der Waals surface area (Å²) in [6.45, 7) is 4.15. The third-order valence-corrected chi connectivity index (χ3v) is 4.81. The maximum absolute atomic E-state index is 12.8. The van der Waals surface area contributed by atoms with Crippen molar-refractivity contribution in [3.05, 3.63) is 23.8 Å². The highest BCUT2D eigenvalue weighted by Gasteiger charge is 2.40. The Morgan fingerprint density at radius 2 is 2.22 bits per heavy atom. The highest BCUT2D eigenvalue weighted by Crippen LogP contribution is 2.39. The molecule has 1 unspecified atom stereocenters. The lowest BCUT2D eigenvalue weighted by Gasteiger charge is -2.24. The molecule has 0 saturated carbocycles. The number of para-hydroxylation sites is 1. The molecule has 0 aromatic heterocycles. The first-order valence-corrected chi connectivity index (χ1v) is 8.24. The van der Waals surface area contributed by atoms with Crippen LogP contribution in [0.2, 0.25) is 0 Å². The summed E-state index contributed by atoms with van der Waals surface area (Å²) in [6.07, 6.45) is 2.36. The molecule has 3 rings (SSSR count). The fourth-order valence-corrected chi connectivity index (χ4v) is 3.73. The normalized spacial score (nSPS) is 24.7. The SMILES string of the molecule is CCOc1cccc(CN2CCC3(CCNC3)C2)c1OC(F)F. The zero-order valence-corrected chi connectivity index (χ0v) is 13.5. The predicted molar refractivity (Wildman–Crippen MR) is 84.1 cm³/mol. The predicted octanol–water partition coefficient (Wildman–Crippen LogP) is 2.87. The van der Waals surface area contributed by atoms with Gasteiger partial charge in [0.05, 0.1) is 6.61 Å². The van der Waals surface area contributed by atoms with Crippen molar-refractivity contribution in [2.45, 2.75) is 32.9 Å². The van der Waals surface area contributed by atoms with Crippen molar-refractivity contribution in [1.82, 2.24) is 10.2 Å². The topological polar surface area (TPSA) is 33.7 Å². The van der Waals surface area contributed by atoms with Gasteiger partial charge in [0.2, 0.25) is 0 Å². The second-order valence-electron chi connectivity index (χ2n) is 6.44. The van der Waals surface area contributed by atoms with Crippen molar-refractivity contribution in [2.24, 2.45) is 5.41 Å². The van der Waals surface area contributed by atoms with E-state index in [1.165, 1.54) is 6.42 Å². The van der Waals surface area contributed by atoms with Gasteiger partial charge in [-0.15, -0.1) is 0 Å². The van der Waals surface area contributed by atoms with E-state index in [2.05, 4.69) is 10.2 Å². The minimum absolute atomic E-state index is 0.176. The Balaban J connectivity index is 1.75. The fourth-order valence-electron chi connectivity index (χ4n) is 3.73. The molecule has 4 nitrogen and oxygen atoms in total. The zero-order chi connectivity index (χ0) is 16.3. The average molecular weight is 326 g/mol. The van der Waals surface area contributed by atoms with Gasteiger partial charge in [0.25, 0.3) is 0 Å². The number of ether oxygens (including phenoxy) is 2. The molecule has 1 spiro atoms. The number of rotatable bonds is 6. The number of hydrogen-bond acceptors (Lipinski definition) is 4. The van der Waals surface area contributed by atoms with Gasteiger partial charge in [-0.3, -0.25) is 4.90 Å². The maximum atomic E-state index is 12.8. The zero-order valence-electron chi connectivity index (χ0n) is 13.5. The second kappa shape index (κ2) is 7.01. The molecule has 0 bridgehead atoms. The second-order valence-corrected chi connectivity index (χ2v) is 6.44. The van der Waals surface area contributed by atoms with Crippen LogP contribution in [0.15, 0.2) is 18.2 Å². The van der Waals surface area contributed by atoms with Gasteiger partial charge in [-0.1, -0.05) is 12.1 Å². The number of alkyl halides is 2. The van der Waals surface area contributed by atoms with Gasteiger partial charge in [-0.25, -0.2) is 0 Å². The summed E-state index contributed by atoms with van der Waals surface area (Å²) in [4.78, 5) is 2.33. The fraction of sp³-hybridized carbons (Fsp3) is 0.647. The Morgan fingerprint density at radius 3 is 2.91 bits per heavy atom. The summed E-state index contributed by atoms with van der Waals surface area (Å²) in [5.41, 5.74) is 1.13. The summed E-state index contributed by atoms with van der Waals surface area (Å²) in [7, 11) is 0. The van der Waals surface area contributed by atoms with Crippen molar-refractivity contribution < 1.29 is 18.3 Å². The lowest BCUT2D eigenvalue weighted by Crippen LogP contribution is -2.29. The molecular formula is C17H24F2N2O2. The van der Waals surface area contributed by atoms with Crippen LogP contribution in [-0.2, 0) is 6.54 Å². The molecule has 0 aliphatic carbocycles. The van der Waals surface area contributed by atoms with Crippen LogP contribution in [0, 0.1) is 5.41 Å². The van der Waals surface area contributed by atoms with E-state index < -0.39 is 6.61 Å². The first-order valence-electron chi connectivity index (χ1n) is 8.24. The van der Waals surface area contributed by atoms with Gasteiger partial charge in [0.1, 0.15) is 0 Å². The molecule has 2 aliphatic heterocycles. The number of halogens is 2. The third-order valence-electron chi connectivity index (χ3n) is 4.81. The molecule has 2 aliphatic rings. The lowest BCUT2D eigenvalue weighted by molar-refractivity contribution is -0.0523. The van der Waals surface area contributed by atoms with Crippen molar-refractivity contribution >= 4 is 0 Å². The van der Waals surface area contributed by atoms with Crippen molar-refractivity contribution in [2.75, 3.05) is 32.8 Å². The maximum Gasteiger partial charge on any atom is 0.387 e. The molecule has 128 valence electrons. The molecule has 6 heteroatoms. The van der Waals surface area contributed by atoms with Gasteiger partial charge in [0, 0.05) is 25.2 Å². The van der Waals surface area contributed by atoms with Gasteiger partial charge in [-0.05, 0) is 44.3 Å². The summed E-state index contributed by atoms with van der Waals surface area (Å²) < 4.78 is 35.8. The van der Waals surface area contributed by atoms with Gasteiger partial charge in [-0.2, -0.15) is 8.78 Å². The summed E-state index contributed by atoms with van der Waals surface area (Å²) >= 11 is 0. The van der Waals surface area contributed by atoms with Gasteiger partial charge >= 0.3 is 6.61 Å². The molecule has 2 saturated heterocycles. The van der Waals surface area contributed by atoms with E-state index in [9.17, 15) is 8.78 Å². The third kappa shape index (κ3) is 3.75. The van der Waals surface area contributed by atoms with E-state index in [0.29, 0.717) is 24.3 Å². The average Bonchev–Trinajstić information content (AvgIpc) is 3.13. The monoisotopic (exact) mass is 326 g/mol. The first kappa shape index (κ1) is 16.5. The van der Waals surface area contributed by atoms with Crippen molar-refractivity contribution in [3.63, 3.8) is 0 Å². The molecule has 1 aromatic carbocycles. The summed E-state index contributed by atoms with van der Waals surface area (Å²) in [5.74, 6) is 0.566. The standard InChI is InChI=1S/C17H24F2N2O2/c1-2-22-14-5-3-4-13(15(14)23-16(18)19)10-21-9-7-17(12-21)6-8-20-11-17/h3-5,16,20H,2,6-12H2,1H3. The van der Waals surface area contributed by atoms with Gasteiger partial charge < -0.3 is 14.8 Å². The summed E-state index contributed by atoms with van der Waals surface area (Å²) in [5, 5.41) is 3.43. The van der Waals surface area contributed by atoms with Crippen LogP contribution < -0.4 is 14.8 Å². The first-order chi connectivity index (χ1) is 11.1. The minimum Gasteiger partial charge on any atom is -0.490 e. The highest BCUT2D eigenvalue weighted by molar-refractivity contribution is 5.46. The molecule has 1 atom stereocenters. The Labute approximate surface area is 135 Å². The molecule has 1 aromatic rings. The Bertz CT molecular complexity index is 533. The van der Waals surface area contributed by atoms with Crippen LogP contribution in [0.1, 0.15) is 25.3 Å². The number of hydrogen-bond donors (Lipinski definition) is 1. The summed E-state index contributed by atoms with van der Waals surface area (Å²) in [6, 6.07) is 5.36. The van der Waals surface area contributed by atoms with Crippen LogP contribution in [0.25, 0.3) is 0 Å². The van der Waals surface area contributed by atoms with E-state index in [-0.39, 0.29) is 5.75 Å². The molecule has 2 heterocycles. The molecule has 23 heavy (non-hydrogen) atoms. The molecular weight excluding hydrogens is 302 g/mol. The Morgan fingerprint density at radius 1 is 1.35 bits per heavy atom. The van der Waals surface area contributed by atoms with Crippen LogP contribution in [0.3, 0.4) is 0 Å². The highest BCUT2D eigenvalue weighted by atomic mass is 19.3. The van der Waals surface area contributed by atoms with E-state index in [1.54, 1.807) is 6.07 Å². The van der Waals surface area contributed by atoms with Crippen LogP contribution in [0.5, 0.6) is 11.5 Å². The Hall–Kier alpha value is -1.40. The largest absolute Gasteiger partial charge is 0.490 e. The number of nitrogens with one attached hydrogen (secondary N) is 1. The Kier molecular flexibility index (Phi) is 5.02. The minimum atomic E-state index is -2.85. The van der Waals surface area contributed by atoms with Crippen molar-refractivity contribution in [1.29, 1.82) is 0 Å². The van der Waals surface area contributed by atoms with Crippen molar-refractivity contribution in [3.8, 4) is 11.5 Å². The van der Waals surface area contributed by atoms with E-state index in [0.717, 1.165) is 38.2 Å². The van der Waals surface area contributed by atoms with E-state index >= 15 is 0 Å². The van der Waals surface area contributed by atoms with E-state index in [4.69, 9.17) is 9.47 Å². The smallest absolute Gasteiger partial charge is 0.387 e. The van der Waals surface area contributed by atoms with Crippen LogP contribution in [0.4, 0.5) is 8.78 Å². The van der Waals surface area contributed by atoms with Crippen LogP contribution in [-0.4, -0.2) is 44.3 Å². The molecule has 2 fully saturated rings. The van der Waals surface area contributed by atoms with E-state index in [1.807, 2.05) is 19.1 Å². The number of nitrogens with zero attached hydrogens (tertiary/aromatic N) is 1. The quantitative estimate of drug-likeness (QED) is 0.872. The van der Waals surface area contributed by atoms with Crippen LogP contribution >= 0.6 is 0 Å². The number of benzene rings is 1. The molecule has 0 radical (unpaired) electrons. The lowest BCUT2D eigenvalue weighted by atomic mass is 9.86. The molecule has 0 amide bonds. The van der Waals surface area contributed by atoms with Gasteiger partial charge in [0.15, 0.2) is 11.5 Å². The molecule has 1 N–H and O–H groups in total.